The van der Waals surface area contributed by atoms with E-state index in [1.54, 1.807) is 0 Å². The lowest BCUT2D eigenvalue weighted by Crippen LogP contribution is -2.46. The molecule has 0 atom stereocenters. The van der Waals surface area contributed by atoms with Gasteiger partial charge in [-0.15, -0.1) is 0 Å². The van der Waals surface area contributed by atoms with Crippen LogP contribution in [0.1, 0.15) is 30.9 Å². The van der Waals surface area contributed by atoms with Gasteiger partial charge in [0.1, 0.15) is 0 Å². The summed E-state index contributed by atoms with van der Waals surface area (Å²) in [6.45, 7) is 10.5. The summed E-state index contributed by atoms with van der Waals surface area (Å²) >= 11 is 0. The second kappa shape index (κ2) is 7.92. The van der Waals surface area contributed by atoms with Crippen LogP contribution in [0.3, 0.4) is 0 Å². The van der Waals surface area contributed by atoms with Crippen molar-refractivity contribution in [1.29, 1.82) is 0 Å². The van der Waals surface area contributed by atoms with Crippen molar-refractivity contribution in [2.75, 3.05) is 39.9 Å². The molecule has 3 heteroatoms. The average molecular weight is 290 g/mol. The highest BCUT2D eigenvalue weighted by Gasteiger charge is 2.33. The molecule has 21 heavy (non-hydrogen) atoms. The molecule has 0 radical (unpaired) electrons. The Morgan fingerprint density at radius 3 is 2.71 bits per heavy atom. The van der Waals surface area contributed by atoms with Gasteiger partial charge in [-0.05, 0) is 44.3 Å². The van der Waals surface area contributed by atoms with Gasteiger partial charge in [-0.2, -0.15) is 0 Å². The molecular formula is C18H30N2O. The number of rotatable bonds is 7. The second-order valence-corrected chi connectivity index (χ2v) is 6.55. The van der Waals surface area contributed by atoms with Crippen molar-refractivity contribution in [3.63, 3.8) is 0 Å². The van der Waals surface area contributed by atoms with Gasteiger partial charge in [0.2, 0.25) is 0 Å². The molecule has 1 aliphatic rings. The summed E-state index contributed by atoms with van der Waals surface area (Å²) in [6, 6.07) is 8.83. The summed E-state index contributed by atoms with van der Waals surface area (Å²) in [5, 5.41) is 3.55. The molecule has 3 nitrogen and oxygen atoms in total. The lowest BCUT2D eigenvalue weighted by Gasteiger charge is -2.40. The minimum Gasteiger partial charge on any atom is -0.381 e. The molecule has 1 saturated heterocycles. The fourth-order valence-corrected chi connectivity index (χ4v) is 3.34. The van der Waals surface area contributed by atoms with E-state index >= 15 is 0 Å². The zero-order valence-corrected chi connectivity index (χ0v) is 13.8. The maximum Gasteiger partial charge on any atom is 0.0472 e. The molecule has 1 heterocycles. The van der Waals surface area contributed by atoms with Crippen molar-refractivity contribution >= 4 is 0 Å². The van der Waals surface area contributed by atoms with Gasteiger partial charge in [-0.3, -0.25) is 0 Å². The number of hydrogen-bond donors (Lipinski definition) is 1. The van der Waals surface area contributed by atoms with Crippen LogP contribution in [0.2, 0.25) is 0 Å². The van der Waals surface area contributed by atoms with E-state index < -0.39 is 0 Å². The fraction of sp³-hybridized carbons (Fsp3) is 0.667. The highest BCUT2D eigenvalue weighted by molar-refractivity contribution is 5.22. The normalized spacial score (nSPS) is 18.1. The number of nitrogens with zero attached hydrogens (tertiary/aromatic N) is 1. The molecule has 118 valence electrons. The van der Waals surface area contributed by atoms with Gasteiger partial charge in [0, 0.05) is 32.8 Å². The van der Waals surface area contributed by atoms with Crippen LogP contribution in [0.25, 0.3) is 0 Å². The summed E-state index contributed by atoms with van der Waals surface area (Å²) in [4.78, 5) is 2.47. The summed E-state index contributed by atoms with van der Waals surface area (Å²) in [6.07, 6.45) is 2.33. The SMILES string of the molecule is CCNCC1(CN(C)Cc2cccc(C)c2)CCOCC1. The second-order valence-electron chi connectivity index (χ2n) is 6.55. The minimum atomic E-state index is 0.368. The number of ether oxygens (including phenoxy) is 1. The third-order valence-electron chi connectivity index (χ3n) is 4.44. The number of nitrogens with one attached hydrogen (secondary N) is 1. The van der Waals surface area contributed by atoms with Gasteiger partial charge in [0.15, 0.2) is 0 Å². The summed E-state index contributed by atoms with van der Waals surface area (Å²) in [7, 11) is 2.24. The van der Waals surface area contributed by atoms with Gasteiger partial charge in [-0.25, -0.2) is 0 Å². The predicted molar refractivity (Wildman–Crippen MR) is 88.5 cm³/mol. The first-order chi connectivity index (χ1) is 10.1. The van der Waals surface area contributed by atoms with Gasteiger partial charge in [0.25, 0.3) is 0 Å². The maximum absolute atomic E-state index is 5.57. The molecule has 0 saturated carbocycles. The highest BCUT2D eigenvalue weighted by Crippen LogP contribution is 2.31. The van der Waals surface area contributed by atoms with E-state index in [1.807, 2.05) is 0 Å². The van der Waals surface area contributed by atoms with E-state index in [2.05, 4.69) is 55.4 Å². The van der Waals surface area contributed by atoms with Crippen molar-refractivity contribution in [3.8, 4) is 0 Å². The first-order valence-corrected chi connectivity index (χ1v) is 8.16. The molecule has 1 aromatic rings. The Morgan fingerprint density at radius 1 is 1.29 bits per heavy atom. The maximum atomic E-state index is 5.57. The Bertz CT molecular complexity index is 427. The van der Waals surface area contributed by atoms with Gasteiger partial charge in [0.05, 0.1) is 0 Å². The van der Waals surface area contributed by atoms with Crippen LogP contribution in [-0.4, -0.2) is 44.8 Å². The van der Waals surface area contributed by atoms with Gasteiger partial charge < -0.3 is 15.0 Å². The van der Waals surface area contributed by atoms with Crippen molar-refractivity contribution in [3.05, 3.63) is 35.4 Å². The molecule has 0 spiro atoms. The lowest BCUT2D eigenvalue weighted by molar-refractivity contribution is -0.00139. The molecule has 0 amide bonds. The Morgan fingerprint density at radius 2 is 2.05 bits per heavy atom. The van der Waals surface area contributed by atoms with Crippen LogP contribution < -0.4 is 5.32 Å². The van der Waals surface area contributed by atoms with Crippen LogP contribution in [0.4, 0.5) is 0 Å². The Hall–Kier alpha value is -0.900. The molecule has 0 unspecified atom stereocenters. The van der Waals surface area contributed by atoms with Crippen LogP contribution >= 0.6 is 0 Å². The van der Waals surface area contributed by atoms with Gasteiger partial charge >= 0.3 is 0 Å². The fourth-order valence-electron chi connectivity index (χ4n) is 3.34. The predicted octanol–water partition coefficient (Wildman–Crippen LogP) is 2.83. The number of benzene rings is 1. The van der Waals surface area contributed by atoms with E-state index in [0.29, 0.717) is 5.41 Å². The molecule has 1 N–H and O–H groups in total. The summed E-state index contributed by atoms with van der Waals surface area (Å²) < 4.78 is 5.57. The first-order valence-electron chi connectivity index (χ1n) is 8.16. The molecule has 1 aliphatic heterocycles. The molecule has 2 rings (SSSR count). The molecule has 1 aromatic carbocycles. The third kappa shape index (κ3) is 5.10. The monoisotopic (exact) mass is 290 g/mol. The summed E-state index contributed by atoms with van der Waals surface area (Å²) in [5.74, 6) is 0. The minimum absolute atomic E-state index is 0.368. The highest BCUT2D eigenvalue weighted by atomic mass is 16.5. The van der Waals surface area contributed by atoms with Crippen LogP contribution in [0.5, 0.6) is 0 Å². The molecule has 0 aliphatic carbocycles. The Balaban J connectivity index is 1.95. The molecule has 1 fully saturated rings. The third-order valence-corrected chi connectivity index (χ3v) is 4.44. The van der Waals surface area contributed by atoms with Gasteiger partial charge in [-0.1, -0.05) is 36.8 Å². The number of aryl methyl sites for hydroxylation is 1. The zero-order chi connectivity index (χ0) is 15.1. The Labute approximate surface area is 129 Å². The standard InChI is InChI=1S/C18H30N2O/c1-4-19-14-18(8-10-21-11-9-18)15-20(3)13-17-7-5-6-16(2)12-17/h5-7,12,19H,4,8-11,13-15H2,1-3H3. The van der Waals surface area contributed by atoms with Crippen LogP contribution in [0.15, 0.2) is 24.3 Å². The van der Waals surface area contributed by atoms with E-state index in [0.717, 1.165) is 52.2 Å². The number of hydrogen-bond acceptors (Lipinski definition) is 3. The van der Waals surface area contributed by atoms with Crippen LogP contribution in [-0.2, 0) is 11.3 Å². The van der Waals surface area contributed by atoms with E-state index in [9.17, 15) is 0 Å². The zero-order valence-electron chi connectivity index (χ0n) is 13.8. The average Bonchev–Trinajstić information content (AvgIpc) is 2.46. The van der Waals surface area contributed by atoms with E-state index in [-0.39, 0.29) is 0 Å². The first kappa shape index (κ1) is 16.5. The largest absolute Gasteiger partial charge is 0.381 e. The van der Waals surface area contributed by atoms with Crippen molar-refractivity contribution in [2.24, 2.45) is 5.41 Å². The Kier molecular flexibility index (Phi) is 6.22. The lowest BCUT2D eigenvalue weighted by atomic mass is 9.79. The topological polar surface area (TPSA) is 24.5 Å². The molecule has 0 aromatic heterocycles. The van der Waals surface area contributed by atoms with Crippen molar-refractivity contribution in [2.45, 2.75) is 33.2 Å². The smallest absolute Gasteiger partial charge is 0.0472 e. The van der Waals surface area contributed by atoms with Crippen molar-refractivity contribution < 1.29 is 4.74 Å². The quantitative estimate of drug-likeness (QED) is 0.836. The van der Waals surface area contributed by atoms with E-state index in [4.69, 9.17) is 4.74 Å². The summed E-state index contributed by atoms with van der Waals surface area (Å²) in [5.41, 5.74) is 3.12. The van der Waals surface area contributed by atoms with Crippen molar-refractivity contribution in [1.82, 2.24) is 10.2 Å². The molecular weight excluding hydrogens is 260 g/mol. The molecule has 0 bridgehead atoms. The van der Waals surface area contributed by atoms with Crippen LogP contribution in [0, 0.1) is 12.3 Å². The van der Waals surface area contributed by atoms with E-state index in [1.165, 1.54) is 11.1 Å².